The van der Waals surface area contributed by atoms with Gasteiger partial charge in [-0.3, -0.25) is 4.90 Å². The molecule has 0 aromatic rings. The molecule has 5 nitrogen and oxygen atoms in total. The van der Waals surface area contributed by atoms with Crippen molar-refractivity contribution < 1.29 is 17.9 Å². The summed E-state index contributed by atoms with van der Waals surface area (Å²) in [6.45, 7) is 4.38. The first-order valence-corrected chi connectivity index (χ1v) is 8.27. The molecule has 0 aliphatic carbocycles. The molecule has 2 rings (SSSR count). The van der Waals surface area contributed by atoms with E-state index in [0.717, 1.165) is 19.1 Å². The number of carbonyl (C=O) groups is 1. The summed E-state index contributed by atoms with van der Waals surface area (Å²) in [5.41, 5.74) is -0.340. The predicted octanol–water partition coefficient (Wildman–Crippen LogP) is 0.101. The fourth-order valence-corrected chi connectivity index (χ4v) is 4.39. The molecule has 0 bridgehead atoms. The van der Waals surface area contributed by atoms with E-state index >= 15 is 0 Å². The highest BCUT2D eigenvalue weighted by atomic mass is 32.2. The van der Waals surface area contributed by atoms with Gasteiger partial charge >= 0.3 is 0 Å². The molecule has 18 heavy (non-hydrogen) atoms. The van der Waals surface area contributed by atoms with Gasteiger partial charge in [0.05, 0.1) is 11.5 Å². The molecule has 2 saturated heterocycles. The Bertz CT molecular complexity index is 400. The summed E-state index contributed by atoms with van der Waals surface area (Å²) in [6.07, 6.45) is 2.53. The molecule has 0 spiro atoms. The topological polar surface area (TPSA) is 63.7 Å². The van der Waals surface area contributed by atoms with Crippen molar-refractivity contribution in [2.75, 3.05) is 37.8 Å². The third kappa shape index (κ3) is 3.10. The quantitative estimate of drug-likeness (QED) is 0.684. The average molecular weight is 275 g/mol. The van der Waals surface area contributed by atoms with Crippen LogP contribution >= 0.6 is 0 Å². The highest BCUT2D eigenvalue weighted by molar-refractivity contribution is 7.91. The maximum absolute atomic E-state index is 11.5. The van der Waals surface area contributed by atoms with Crippen LogP contribution in [0.3, 0.4) is 0 Å². The fraction of sp³-hybridized carbons (Fsp3) is 0.917. The Morgan fingerprint density at radius 3 is 2.61 bits per heavy atom. The lowest BCUT2D eigenvalue weighted by atomic mass is 9.81. The molecule has 2 aliphatic rings. The maximum Gasteiger partial charge on any atom is 0.153 e. The number of rotatable bonds is 3. The summed E-state index contributed by atoms with van der Waals surface area (Å²) in [5, 5.41) is 0. The maximum atomic E-state index is 11.5. The van der Waals surface area contributed by atoms with Crippen LogP contribution < -0.4 is 0 Å². The van der Waals surface area contributed by atoms with E-state index in [1.807, 2.05) is 6.92 Å². The minimum atomic E-state index is -2.89. The van der Waals surface area contributed by atoms with Crippen LogP contribution in [0.25, 0.3) is 0 Å². The van der Waals surface area contributed by atoms with Crippen molar-refractivity contribution in [1.82, 2.24) is 4.90 Å². The first-order valence-electron chi connectivity index (χ1n) is 6.45. The van der Waals surface area contributed by atoms with Crippen molar-refractivity contribution in [3.05, 3.63) is 0 Å². The third-order valence-corrected chi connectivity index (χ3v) is 5.86. The second-order valence-corrected chi connectivity index (χ2v) is 7.76. The van der Waals surface area contributed by atoms with Gasteiger partial charge in [0.1, 0.15) is 6.29 Å². The van der Waals surface area contributed by atoms with Gasteiger partial charge in [-0.05, 0) is 19.8 Å². The molecular weight excluding hydrogens is 254 g/mol. The fourth-order valence-electron chi connectivity index (χ4n) is 2.76. The van der Waals surface area contributed by atoms with Crippen molar-refractivity contribution in [2.24, 2.45) is 5.41 Å². The number of hydrogen-bond donors (Lipinski definition) is 0. The standard InChI is InChI=1S/C12H21NO4S/c1-11-8-18(15,16)7-4-13(11)9-12(10-14)2-5-17-6-3-12/h10-11H,2-9H2,1H3. The molecule has 6 heteroatoms. The summed E-state index contributed by atoms with van der Waals surface area (Å²) in [5.74, 6) is 0.418. The first-order chi connectivity index (χ1) is 8.46. The second kappa shape index (κ2) is 5.27. The molecular formula is C12H21NO4S. The normalized spacial score (nSPS) is 31.9. The van der Waals surface area contributed by atoms with E-state index < -0.39 is 9.84 Å². The van der Waals surface area contributed by atoms with Gasteiger partial charge in [-0.15, -0.1) is 0 Å². The first kappa shape index (κ1) is 14.0. The van der Waals surface area contributed by atoms with Crippen LogP contribution in [0, 0.1) is 5.41 Å². The molecule has 104 valence electrons. The van der Waals surface area contributed by atoms with Crippen LogP contribution in [-0.2, 0) is 19.4 Å². The van der Waals surface area contributed by atoms with Crippen molar-refractivity contribution in [3.8, 4) is 0 Å². The number of aldehydes is 1. The molecule has 0 radical (unpaired) electrons. The second-order valence-electron chi connectivity index (χ2n) is 5.53. The van der Waals surface area contributed by atoms with Gasteiger partial charge in [0.15, 0.2) is 9.84 Å². The largest absolute Gasteiger partial charge is 0.381 e. The SMILES string of the molecule is CC1CS(=O)(=O)CCN1CC1(C=O)CCOCC1. The zero-order chi connectivity index (χ0) is 13.2. The average Bonchev–Trinajstić information content (AvgIpc) is 2.34. The van der Waals surface area contributed by atoms with Crippen LogP contribution in [0.4, 0.5) is 0 Å². The summed E-state index contributed by atoms with van der Waals surface area (Å²) >= 11 is 0. The van der Waals surface area contributed by atoms with E-state index in [1.54, 1.807) is 0 Å². The van der Waals surface area contributed by atoms with Gasteiger partial charge in [-0.25, -0.2) is 8.42 Å². The lowest BCUT2D eigenvalue weighted by Crippen LogP contribution is -2.52. The van der Waals surface area contributed by atoms with E-state index in [-0.39, 0.29) is 23.0 Å². The Morgan fingerprint density at radius 2 is 2.06 bits per heavy atom. The van der Waals surface area contributed by atoms with Crippen molar-refractivity contribution in [3.63, 3.8) is 0 Å². The Kier molecular flexibility index (Phi) is 4.08. The number of hydrogen-bond acceptors (Lipinski definition) is 5. The molecule has 1 unspecified atom stereocenters. The van der Waals surface area contributed by atoms with Crippen LogP contribution in [0.1, 0.15) is 19.8 Å². The minimum absolute atomic E-state index is 0.00317. The Hall–Kier alpha value is -0.460. The lowest BCUT2D eigenvalue weighted by molar-refractivity contribution is -0.123. The number of carbonyl (C=O) groups excluding carboxylic acids is 1. The van der Waals surface area contributed by atoms with Gasteiger partial charge < -0.3 is 9.53 Å². The Morgan fingerprint density at radius 1 is 1.39 bits per heavy atom. The molecule has 1 atom stereocenters. The molecule has 2 fully saturated rings. The molecule has 0 amide bonds. The number of ether oxygens (including phenoxy) is 1. The Labute approximate surface area is 108 Å². The molecule has 0 aromatic heterocycles. The van der Waals surface area contributed by atoms with Crippen molar-refractivity contribution in [2.45, 2.75) is 25.8 Å². The number of nitrogens with zero attached hydrogens (tertiary/aromatic N) is 1. The van der Waals surface area contributed by atoms with E-state index in [0.29, 0.717) is 26.3 Å². The van der Waals surface area contributed by atoms with E-state index in [9.17, 15) is 13.2 Å². The monoisotopic (exact) mass is 275 g/mol. The third-order valence-electron chi connectivity index (χ3n) is 4.06. The lowest BCUT2D eigenvalue weighted by Gasteiger charge is -2.41. The van der Waals surface area contributed by atoms with Crippen molar-refractivity contribution in [1.29, 1.82) is 0 Å². The van der Waals surface area contributed by atoms with Crippen molar-refractivity contribution >= 4 is 16.1 Å². The number of sulfone groups is 1. The molecule has 0 N–H and O–H groups in total. The van der Waals surface area contributed by atoms with Gasteiger partial charge in [-0.2, -0.15) is 0 Å². The molecule has 0 saturated carbocycles. The van der Waals surface area contributed by atoms with Crippen LogP contribution in [0.2, 0.25) is 0 Å². The van der Waals surface area contributed by atoms with E-state index in [4.69, 9.17) is 4.74 Å². The zero-order valence-corrected chi connectivity index (χ0v) is 11.6. The smallest absolute Gasteiger partial charge is 0.153 e. The van der Waals surface area contributed by atoms with Gasteiger partial charge in [-0.1, -0.05) is 0 Å². The van der Waals surface area contributed by atoms with Crippen LogP contribution in [0.5, 0.6) is 0 Å². The van der Waals surface area contributed by atoms with Gasteiger partial charge in [0.2, 0.25) is 0 Å². The van der Waals surface area contributed by atoms with Crippen LogP contribution in [0.15, 0.2) is 0 Å². The molecule has 2 heterocycles. The highest BCUT2D eigenvalue weighted by Crippen LogP contribution is 2.30. The predicted molar refractivity (Wildman–Crippen MR) is 68.2 cm³/mol. The Balaban J connectivity index is 2.02. The molecule has 2 aliphatic heterocycles. The summed E-state index contributed by atoms with van der Waals surface area (Å²) in [6, 6.07) is 0.00317. The zero-order valence-electron chi connectivity index (χ0n) is 10.8. The van der Waals surface area contributed by atoms with Gasteiger partial charge in [0, 0.05) is 37.8 Å². The van der Waals surface area contributed by atoms with E-state index in [2.05, 4.69) is 4.90 Å². The molecule has 0 aromatic carbocycles. The summed E-state index contributed by atoms with van der Waals surface area (Å²) < 4.78 is 28.4. The highest BCUT2D eigenvalue weighted by Gasteiger charge is 2.38. The van der Waals surface area contributed by atoms with Gasteiger partial charge in [0.25, 0.3) is 0 Å². The summed E-state index contributed by atoms with van der Waals surface area (Å²) in [4.78, 5) is 13.5. The van der Waals surface area contributed by atoms with E-state index in [1.165, 1.54) is 0 Å². The summed E-state index contributed by atoms with van der Waals surface area (Å²) in [7, 11) is -2.89. The minimum Gasteiger partial charge on any atom is -0.381 e. The van der Waals surface area contributed by atoms with Crippen LogP contribution in [-0.4, -0.2) is 63.5 Å².